The van der Waals surface area contributed by atoms with Gasteiger partial charge in [-0.2, -0.15) is 5.26 Å². The Morgan fingerprint density at radius 3 is 2.69 bits per heavy atom. The van der Waals surface area contributed by atoms with Gasteiger partial charge in [-0.1, -0.05) is 6.07 Å². The molecule has 0 amide bonds. The van der Waals surface area contributed by atoms with Crippen LogP contribution in [0.3, 0.4) is 0 Å². The number of carbonyl (C=O) groups is 1. The minimum absolute atomic E-state index is 0.0401. The maximum absolute atomic E-state index is 12.6. The first kappa shape index (κ1) is 19.0. The highest BCUT2D eigenvalue weighted by atomic mass is 79.9. The van der Waals surface area contributed by atoms with Gasteiger partial charge in [0.05, 0.1) is 41.6 Å². The van der Waals surface area contributed by atoms with Crippen LogP contribution in [0.25, 0.3) is 0 Å². The first-order valence-corrected chi connectivity index (χ1v) is 9.46. The molecule has 0 aromatic heterocycles. The number of allylic oxidation sites excluding steroid dienone is 1. The molecule has 0 saturated heterocycles. The molecule has 146 valence electrons. The molecule has 2 heterocycles. The lowest BCUT2D eigenvalue weighted by atomic mass is 9.82. The summed E-state index contributed by atoms with van der Waals surface area (Å²) in [5, 5.41) is 9.78. The molecule has 8 heteroatoms. The molecule has 29 heavy (non-hydrogen) atoms. The topological polar surface area (TPSA) is 107 Å². The molecular formula is C21H16BrN3O4. The molecule has 2 aliphatic heterocycles. The summed E-state index contributed by atoms with van der Waals surface area (Å²) in [4.78, 5) is 16.9. The number of nitrogens with zero attached hydrogens (tertiary/aromatic N) is 2. The fourth-order valence-electron chi connectivity index (χ4n) is 3.68. The van der Waals surface area contributed by atoms with E-state index in [0.717, 1.165) is 5.56 Å². The molecule has 1 atom stereocenters. The highest BCUT2D eigenvalue weighted by Crippen LogP contribution is 2.49. The van der Waals surface area contributed by atoms with Crippen LogP contribution in [-0.4, -0.2) is 25.7 Å². The number of methoxy groups -OCH3 is 2. The minimum Gasteiger partial charge on any atom is -0.493 e. The van der Waals surface area contributed by atoms with Crippen LogP contribution < -0.4 is 19.9 Å². The van der Waals surface area contributed by atoms with E-state index in [1.54, 1.807) is 26.2 Å². The molecule has 2 aliphatic rings. The molecule has 0 aliphatic carbocycles. The lowest BCUT2D eigenvalue weighted by Crippen LogP contribution is -2.23. The third kappa shape index (κ3) is 2.77. The molecule has 1 unspecified atom stereocenters. The number of halogens is 1. The highest BCUT2D eigenvalue weighted by Gasteiger charge is 2.37. The van der Waals surface area contributed by atoms with Crippen molar-refractivity contribution in [2.24, 2.45) is 10.7 Å². The Kier molecular flexibility index (Phi) is 4.55. The van der Waals surface area contributed by atoms with Crippen molar-refractivity contribution in [3.63, 3.8) is 0 Å². The second kappa shape index (κ2) is 6.94. The molecule has 0 bridgehead atoms. The zero-order valence-corrected chi connectivity index (χ0v) is 17.5. The number of benzene rings is 2. The third-order valence-corrected chi connectivity index (χ3v) is 5.59. The summed E-state index contributed by atoms with van der Waals surface area (Å²) in [7, 11) is 3.08. The van der Waals surface area contributed by atoms with Crippen LogP contribution in [0.5, 0.6) is 17.2 Å². The Bertz CT molecular complexity index is 1180. The fraction of sp³-hybridized carbons (Fsp3) is 0.190. The Morgan fingerprint density at radius 2 is 2.03 bits per heavy atom. The zero-order valence-electron chi connectivity index (χ0n) is 15.9. The highest BCUT2D eigenvalue weighted by molar-refractivity contribution is 9.10. The molecule has 0 spiro atoms. The number of Topliss-reactive ketones (excluding diaryl/α,β-unsaturated/α-hetero) is 1. The van der Waals surface area contributed by atoms with E-state index in [1.165, 1.54) is 7.11 Å². The molecule has 2 aromatic rings. The van der Waals surface area contributed by atoms with Crippen molar-refractivity contribution in [1.82, 2.24) is 0 Å². The van der Waals surface area contributed by atoms with Crippen LogP contribution in [0.4, 0.5) is 5.69 Å². The Morgan fingerprint density at radius 1 is 1.28 bits per heavy atom. The summed E-state index contributed by atoms with van der Waals surface area (Å²) in [6.45, 7) is 1.65. The van der Waals surface area contributed by atoms with Crippen LogP contribution >= 0.6 is 15.9 Å². The second-order valence-electron chi connectivity index (χ2n) is 6.57. The average Bonchev–Trinajstić information content (AvgIpc) is 3.00. The SMILES string of the molecule is COc1cc(C2C(C#N)=C(N)Oc3c2ccc2c3C(=O)C(C)=N2)cc(Br)c1OC. The van der Waals surface area contributed by atoms with Gasteiger partial charge in [0.25, 0.3) is 0 Å². The van der Waals surface area contributed by atoms with E-state index in [0.29, 0.717) is 44.2 Å². The number of ether oxygens (including phenoxy) is 3. The van der Waals surface area contributed by atoms with Gasteiger partial charge in [0.1, 0.15) is 17.4 Å². The van der Waals surface area contributed by atoms with E-state index in [4.69, 9.17) is 19.9 Å². The summed E-state index contributed by atoms with van der Waals surface area (Å²) >= 11 is 3.49. The molecule has 0 saturated carbocycles. The standard InChI is InChI=1S/C21H16BrN3O4/c1-9-18(26)17-14(25-9)5-4-11-16(12(8-23)21(24)29-19(11)17)10-6-13(22)20(28-3)15(7-10)27-2/h4-7,16H,24H2,1-3H3. The predicted molar refractivity (Wildman–Crippen MR) is 110 cm³/mol. The number of aliphatic imine (C=N–C) groups is 1. The Balaban J connectivity index is 1.98. The van der Waals surface area contributed by atoms with Crippen molar-refractivity contribution in [3.05, 3.63) is 56.9 Å². The van der Waals surface area contributed by atoms with Crippen LogP contribution in [-0.2, 0) is 0 Å². The smallest absolute Gasteiger partial charge is 0.212 e. The van der Waals surface area contributed by atoms with Crippen molar-refractivity contribution in [1.29, 1.82) is 5.26 Å². The summed E-state index contributed by atoms with van der Waals surface area (Å²) in [5.74, 6) is 0.572. The summed E-state index contributed by atoms with van der Waals surface area (Å²) in [6, 6.07) is 9.33. The number of nitriles is 1. The molecule has 0 radical (unpaired) electrons. The van der Waals surface area contributed by atoms with Crippen LogP contribution in [0.2, 0.25) is 0 Å². The zero-order chi connectivity index (χ0) is 20.9. The summed E-state index contributed by atoms with van der Waals surface area (Å²) in [5.41, 5.74) is 9.02. The number of hydrogen-bond donors (Lipinski definition) is 1. The van der Waals surface area contributed by atoms with Gasteiger partial charge in [0, 0.05) is 5.56 Å². The van der Waals surface area contributed by atoms with Crippen molar-refractivity contribution < 1.29 is 19.0 Å². The average molecular weight is 454 g/mol. The van der Waals surface area contributed by atoms with E-state index in [9.17, 15) is 10.1 Å². The van der Waals surface area contributed by atoms with Gasteiger partial charge in [-0.05, 0) is 46.6 Å². The van der Waals surface area contributed by atoms with Gasteiger partial charge in [0.2, 0.25) is 11.7 Å². The molecule has 2 N–H and O–H groups in total. The van der Waals surface area contributed by atoms with Gasteiger partial charge < -0.3 is 19.9 Å². The van der Waals surface area contributed by atoms with Crippen molar-refractivity contribution >= 4 is 33.1 Å². The van der Waals surface area contributed by atoms with Crippen LogP contribution in [0.1, 0.15) is 34.3 Å². The van der Waals surface area contributed by atoms with E-state index in [-0.39, 0.29) is 17.2 Å². The normalized spacial score (nSPS) is 17.1. The Labute approximate surface area is 175 Å². The summed E-state index contributed by atoms with van der Waals surface area (Å²) < 4.78 is 17.2. The van der Waals surface area contributed by atoms with Gasteiger partial charge >= 0.3 is 0 Å². The van der Waals surface area contributed by atoms with E-state index in [2.05, 4.69) is 27.0 Å². The molecule has 2 aromatic carbocycles. The summed E-state index contributed by atoms with van der Waals surface area (Å²) in [6.07, 6.45) is 0. The molecule has 4 rings (SSSR count). The van der Waals surface area contributed by atoms with Crippen molar-refractivity contribution in [2.45, 2.75) is 12.8 Å². The molecular weight excluding hydrogens is 438 g/mol. The van der Waals surface area contributed by atoms with Crippen LogP contribution in [0.15, 0.2) is 45.2 Å². The van der Waals surface area contributed by atoms with Gasteiger partial charge in [-0.15, -0.1) is 0 Å². The monoisotopic (exact) mass is 453 g/mol. The van der Waals surface area contributed by atoms with Gasteiger partial charge in [0.15, 0.2) is 11.5 Å². The number of rotatable bonds is 3. The Hall–Kier alpha value is -3.31. The maximum Gasteiger partial charge on any atom is 0.212 e. The van der Waals surface area contributed by atoms with E-state index in [1.807, 2.05) is 12.1 Å². The quantitative estimate of drug-likeness (QED) is 0.752. The first-order chi connectivity index (χ1) is 13.9. The molecule has 7 nitrogen and oxygen atoms in total. The third-order valence-electron chi connectivity index (χ3n) is 5.00. The van der Waals surface area contributed by atoms with Crippen molar-refractivity contribution in [2.75, 3.05) is 14.2 Å². The number of carbonyl (C=O) groups excluding carboxylic acids is 1. The minimum atomic E-state index is -0.543. The van der Waals surface area contributed by atoms with Gasteiger partial charge in [-0.25, -0.2) is 4.99 Å². The van der Waals surface area contributed by atoms with E-state index < -0.39 is 5.92 Å². The number of nitrogens with two attached hydrogens (primary N) is 1. The number of hydrogen-bond acceptors (Lipinski definition) is 7. The first-order valence-electron chi connectivity index (χ1n) is 8.67. The lowest BCUT2D eigenvalue weighted by molar-refractivity contribution is 0.106. The van der Waals surface area contributed by atoms with Gasteiger partial charge in [-0.3, -0.25) is 4.79 Å². The fourth-order valence-corrected chi connectivity index (χ4v) is 4.31. The predicted octanol–water partition coefficient (Wildman–Crippen LogP) is 3.97. The van der Waals surface area contributed by atoms with Crippen molar-refractivity contribution in [3.8, 4) is 23.3 Å². The largest absolute Gasteiger partial charge is 0.493 e. The second-order valence-corrected chi connectivity index (χ2v) is 7.42. The van der Waals surface area contributed by atoms with E-state index >= 15 is 0 Å². The number of fused-ring (bicyclic) bond motifs is 3. The lowest BCUT2D eigenvalue weighted by Gasteiger charge is -2.28. The number of ketones is 1. The van der Waals surface area contributed by atoms with Crippen LogP contribution in [0, 0.1) is 11.3 Å². The molecule has 0 fully saturated rings. The maximum atomic E-state index is 12.6.